The summed E-state index contributed by atoms with van der Waals surface area (Å²) in [6, 6.07) is 37.1. The van der Waals surface area contributed by atoms with Gasteiger partial charge in [-0.1, -0.05) is 85.0 Å². The van der Waals surface area contributed by atoms with Gasteiger partial charge in [0.15, 0.2) is 0 Å². The number of hydrogen-bond acceptors (Lipinski definition) is 4. The molecule has 43 heavy (non-hydrogen) atoms. The molecule has 5 heteroatoms. The predicted octanol–water partition coefficient (Wildman–Crippen LogP) is 8.33. The molecule has 0 saturated heterocycles. The quantitative estimate of drug-likeness (QED) is 0.154. The Morgan fingerprint density at radius 2 is 1.19 bits per heavy atom. The van der Waals surface area contributed by atoms with E-state index in [0.29, 0.717) is 21.5 Å². The zero-order chi connectivity index (χ0) is 28.7. The lowest BCUT2D eigenvalue weighted by atomic mass is 9.94. The maximum absolute atomic E-state index is 13.7. The van der Waals surface area contributed by atoms with Crippen LogP contribution >= 0.6 is 11.8 Å². The van der Waals surface area contributed by atoms with E-state index in [1.165, 1.54) is 15.0 Å². The smallest absolute Gasteiger partial charge is 0.266 e. The third-order valence-electron chi connectivity index (χ3n) is 8.84. The molecule has 4 nitrogen and oxygen atoms in total. The van der Waals surface area contributed by atoms with Crippen LogP contribution < -0.4 is 16.0 Å². The van der Waals surface area contributed by atoms with Crippen molar-refractivity contribution >= 4 is 61.0 Å². The lowest BCUT2D eigenvalue weighted by Gasteiger charge is -2.42. The SMILES string of the molecule is O=c1c2ccccc2c2cc(-c3cccc(N4c5ccccc5SC5C=CC=CC54)c3)cc3c4ccccc4c(=O)n1c23. The molecule has 2 atom stereocenters. The Morgan fingerprint density at radius 1 is 0.558 bits per heavy atom. The zero-order valence-corrected chi connectivity index (χ0v) is 23.8. The molecule has 1 aliphatic heterocycles. The van der Waals surface area contributed by atoms with Crippen LogP contribution in [0.3, 0.4) is 0 Å². The average Bonchev–Trinajstić information content (AvgIpc) is 3.06. The normalized spacial score (nSPS) is 17.6. The van der Waals surface area contributed by atoms with Gasteiger partial charge in [-0.25, -0.2) is 4.40 Å². The number of allylic oxidation sites excluding steroid dienone is 2. The van der Waals surface area contributed by atoms with Crippen LogP contribution in [0.4, 0.5) is 11.4 Å². The van der Waals surface area contributed by atoms with Crippen molar-refractivity contribution < 1.29 is 0 Å². The fraction of sp³-hybridized carbons (Fsp3) is 0.0526. The van der Waals surface area contributed by atoms with Crippen LogP contribution in [0.25, 0.3) is 49.0 Å². The molecular weight excluding hydrogens is 548 g/mol. The standard InChI is InChI=1S/C38H24N2O2S/c41-37-28-14-3-1-12-26(28)30-21-24(22-31-27-13-2-4-15-29(27)38(42)40(37)36(30)31)23-10-9-11-25(20-23)39-32-16-5-7-18-34(32)43-35-19-8-6-17-33(35)39/h1-22,32,34H. The molecule has 2 aliphatic rings. The molecule has 0 radical (unpaired) electrons. The highest BCUT2D eigenvalue weighted by molar-refractivity contribution is 8.00. The molecule has 204 valence electrons. The fourth-order valence-electron chi connectivity index (χ4n) is 6.92. The monoisotopic (exact) mass is 572 g/mol. The van der Waals surface area contributed by atoms with E-state index in [4.69, 9.17) is 0 Å². The van der Waals surface area contributed by atoms with Gasteiger partial charge in [-0.2, -0.15) is 0 Å². The Kier molecular flexibility index (Phi) is 5.23. The Morgan fingerprint density at radius 3 is 1.91 bits per heavy atom. The van der Waals surface area contributed by atoms with Gasteiger partial charge < -0.3 is 4.90 Å². The van der Waals surface area contributed by atoms with Gasteiger partial charge in [-0.15, -0.1) is 11.8 Å². The van der Waals surface area contributed by atoms with Crippen molar-refractivity contribution in [1.82, 2.24) is 4.40 Å². The van der Waals surface area contributed by atoms with Gasteiger partial charge in [0.25, 0.3) is 11.1 Å². The Hall–Kier alpha value is -5.13. The first-order chi connectivity index (χ1) is 21.2. The third-order valence-corrected chi connectivity index (χ3v) is 10.1. The summed E-state index contributed by atoms with van der Waals surface area (Å²) in [4.78, 5) is 31.1. The van der Waals surface area contributed by atoms with Crippen LogP contribution in [0.2, 0.25) is 0 Å². The van der Waals surface area contributed by atoms with Crippen molar-refractivity contribution in [1.29, 1.82) is 0 Å². The van der Waals surface area contributed by atoms with Crippen LogP contribution in [-0.2, 0) is 0 Å². The average molecular weight is 573 g/mol. The van der Waals surface area contributed by atoms with Crippen molar-refractivity contribution in [2.45, 2.75) is 16.2 Å². The van der Waals surface area contributed by atoms with E-state index in [1.807, 2.05) is 60.3 Å². The molecule has 3 heterocycles. The first-order valence-electron chi connectivity index (χ1n) is 14.4. The fourth-order valence-corrected chi connectivity index (χ4v) is 8.18. The van der Waals surface area contributed by atoms with E-state index in [2.05, 4.69) is 89.9 Å². The summed E-state index contributed by atoms with van der Waals surface area (Å²) in [6.07, 6.45) is 8.87. The molecule has 0 spiro atoms. The van der Waals surface area contributed by atoms with Crippen molar-refractivity contribution in [3.63, 3.8) is 0 Å². The topological polar surface area (TPSA) is 41.8 Å². The molecule has 0 N–H and O–H groups in total. The summed E-state index contributed by atoms with van der Waals surface area (Å²) in [6.45, 7) is 0. The summed E-state index contributed by atoms with van der Waals surface area (Å²) in [5.74, 6) is 0. The molecular formula is C38H24N2O2S. The summed E-state index contributed by atoms with van der Waals surface area (Å²) < 4.78 is 1.38. The van der Waals surface area contributed by atoms with Crippen LogP contribution in [0.1, 0.15) is 0 Å². The second-order valence-electron chi connectivity index (χ2n) is 11.2. The summed E-state index contributed by atoms with van der Waals surface area (Å²) in [7, 11) is 0. The van der Waals surface area contributed by atoms with E-state index < -0.39 is 0 Å². The Balaban J connectivity index is 1.33. The first kappa shape index (κ1) is 24.5. The van der Waals surface area contributed by atoms with E-state index >= 15 is 0 Å². The number of para-hydroxylation sites is 1. The molecule has 0 amide bonds. The third kappa shape index (κ3) is 3.52. The van der Waals surface area contributed by atoms with Gasteiger partial charge in [0.1, 0.15) is 0 Å². The van der Waals surface area contributed by atoms with Gasteiger partial charge >= 0.3 is 0 Å². The van der Waals surface area contributed by atoms with E-state index in [9.17, 15) is 9.59 Å². The molecule has 2 aromatic heterocycles. The van der Waals surface area contributed by atoms with Crippen molar-refractivity contribution in [3.8, 4) is 11.1 Å². The van der Waals surface area contributed by atoms with Gasteiger partial charge in [-0.3, -0.25) is 9.59 Å². The van der Waals surface area contributed by atoms with Crippen LogP contribution in [0.15, 0.2) is 148 Å². The minimum absolute atomic E-state index is 0.203. The van der Waals surface area contributed by atoms with Crippen molar-refractivity contribution in [2.24, 2.45) is 0 Å². The minimum Gasteiger partial charge on any atom is -0.332 e. The number of pyridine rings is 2. The molecule has 9 rings (SSSR count). The van der Waals surface area contributed by atoms with Crippen LogP contribution in [0.5, 0.6) is 0 Å². The molecule has 5 aromatic carbocycles. The highest BCUT2D eigenvalue weighted by atomic mass is 32.2. The number of fused-ring (bicyclic) bond motifs is 6. The molecule has 0 bridgehead atoms. The first-order valence-corrected chi connectivity index (χ1v) is 15.3. The number of rotatable bonds is 2. The lowest BCUT2D eigenvalue weighted by molar-refractivity contribution is 0.778. The number of anilines is 2. The number of aromatic nitrogens is 1. The van der Waals surface area contributed by atoms with Gasteiger partial charge in [0.2, 0.25) is 0 Å². The molecule has 0 fully saturated rings. The zero-order valence-electron chi connectivity index (χ0n) is 23.0. The van der Waals surface area contributed by atoms with Crippen molar-refractivity contribution in [3.05, 3.63) is 154 Å². The van der Waals surface area contributed by atoms with Crippen LogP contribution in [0, 0.1) is 0 Å². The predicted molar refractivity (Wildman–Crippen MR) is 179 cm³/mol. The van der Waals surface area contributed by atoms with Gasteiger partial charge in [0.05, 0.1) is 22.5 Å². The molecule has 2 unspecified atom stereocenters. The van der Waals surface area contributed by atoms with Crippen molar-refractivity contribution in [2.75, 3.05) is 4.90 Å². The maximum Gasteiger partial charge on any atom is 0.266 e. The largest absolute Gasteiger partial charge is 0.332 e. The Bertz CT molecular complexity index is 2360. The molecule has 7 aromatic rings. The van der Waals surface area contributed by atoms with Gasteiger partial charge in [0, 0.05) is 32.1 Å². The number of thioether (sulfide) groups is 1. The molecule has 0 saturated carbocycles. The van der Waals surface area contributed by atoms with Gasteiger partial charge in [-0.05, 0) is 70.4 Å². The highest BCUT2D eigenvalue weighted by Crippen LogP contribution is 2.47. The Labute approximate surface area is 251 Å². The maximum atomic E-state index is 13.7. The van der Waals surface area contributed by atoms with Crippen LogP contribution in [-0.4, -0.2) is 15.7 Å². The number of hydrogen-bond donors (Lipinski definition) is 0. The lowest BCUT2D eigenvalue weighted by Crippen LogP contribution is -2.41. The summed E-state index contributed by atoms with van der Waals surface area (Å²) >= 11 is 1.91. The summed E-state index contributed by atoms with van der Waals surface area (Å²) in [5, 5.41) is 4.93. The highest BCUT2D eigenvalue weighted by Gasteiger charge is 2.34. The second kappa shape index (κ2) is 9.18. The summed E-state index contributed by atoms with van der Waals surface area (Å²) in [5.41, 5.74) is 4.58. The van der Waals surface area contributed by atoms with E-state index in [0.717, 1.165) is 38.4 Å². The minimum atomic E-state index is -0.274. The molecule has 1 aliphatic carbocycles. The van der Waals surface area contributed by atoms with E-state index in [-0.39, 0.29) is 17.2 Å². The second-order valence-corrected chi connectivity index (χ2v) is 12.4. The number of benzene rings is 5. The number of nitrogens with zero attached hydrogens (tertiary/aromatic N) is 2. The van der Waals surface area contributed by atoms with E-state index in [1.54, 1.807) is 0 Å².